The zero-order valence-electron chi connectivity index (χ0n) is 17.7. The van der Waals surface area contributed by atoms with Crippen molar-refractivity contribution in [2.45, 2.75) is 39.3 Å². The first-order valence-corrected chi connectivity index (χ1v) is 10.4. The van der Waals surface area contributed by atoms with Crippen LogP contribution in [-0.2, 0) is 5.41 Å². The van der Waals surface area contributed by atoms with Crippen LogP contribution in [0.3, 0.4) is 0 Å². The van der Waals surface area contributed by atoms with Crippen molar-refractivity contribution in [3.63, 3.8) is 0 Å². The molecule has 0 saturated heterocycles. The van der Waals surface area contributed by atoms with E-state index in [1.54, 1.807) is 0 Å². The molecule has 3 aromatic carbocycles. The molecule has 0 spiro atoms. The summed E-state index contributed by atoms with van der Waals surface area (Å²) in [5, 5.41) is 2.38. The summed E-state index contributed by atoms with van der Waals surface area (Å²) in [5.74, 6) is 0. The molecule has 3 nitrogen and oxygen atoms in total. The fourth-order valence-electron chi connectivity index (χ4n) is 5.64. The molecule has 1 unspecified atom stereocenters. The van der Waals surface area contributed by atoms with Gasteiger partial charge in [0.25, 0.3) is 0 Å². The highest BCUT2D eigenvalue weighted by atomic mass is 16.3. The summed E-state index contributed by atoms with van der Waals surface area (Å²) in [6.07, 6.45) is 0.223. The van der Waals surface area contributed by atoms with Crippen LogP contribution in [-0.4, -0.2) is 13.2 Å². The van der Waals surface area contributed by atoms with Crippen molar-refractivity contribution >= 4 is 39.0 Å². The zero-order valence-corrected chi connectivity index (χ0v) is 17.7. The molecule has 0 bridgehead atoms. The molecule has 1 aromatic heterocycles. The Morgan fingerprint density at radius 3 is 2.28 bits per heavy atom. The number of rotatable bonds is 0. The predicted molar refractivity (Wildman–Crippen MR) is 121 cm³/mol. The molecule has 0 aliphatic carbocycles. The first-order valence-electron chi connectivity index (χ1n) is 10.4. The van der Waals surface area contributed by atoms with Crippen LogP contribution in [0.1, 0.15) is 33.3 Å². The third kappa shape index (κ3) is 1.84. The van der Waals surface area contributed by atoms with Gasteiger partial charge < -0.3 is 14.2 Å². The summed E-state index contributed by atoms with van der Waals surface area (Å²) < 4.78 is 6.51. The lowest BCUT2D eigenvalue weighted by molar-refractivity contribution is 0.143. The molecule has 3 heteroatoms. The highest BCUT2D eigenvalue weighted by Gasteiger charge is 2.57. The average molecular weight is 383 g/mol. The number of furan rings is 1. The van der Waals surface area contributed by atoms with Gasteiger partial charge in [0.05, 0.1) is 17.1 Å². The zero-order chi connectivity index (χ0) is 20.1. The van der Waals surface area contributed by atoms with E-state index in [1.165, 1.54) is 33.4 Å². The average Bonchev–Trinajstić information content (AvgIpc) is 3.22. The largest absolute Gasteiger partial charge is 0.454 e. The number of anilines is 3. The van der Waals surface area contributed by atoms with Gasteiger partial charge in [-0.15, -0.1) is 0 Å². The van der Waals surface area contributed by atoms with E-state index in [9.17, 15) is 0 Å². The summed E-state index contributed by atoms with van der Waals surface area (Å²) >= 11 is 0. The highest BCUT2D eigenvalue weighted by Crippen LogP contribution is 2.62. The standard InChI is InChI=1S/C26H26N2O/c1-25(2)18-15-14-17-16-10-6-9-13-21(16)29-23(17)22(18)28-20-12-8-7-11-19(20)27(5)24(28)26(25,3)4/h6-15,24H,1-5H3. The van der Waals surface area contributed by atoms with Crippen molar-refractivity contribution < 1.29 is 4.42 Å². The molecule has 4 aromatic rings. The third-order valence-corrected chi connectivity index (χ3v) is 7.82. The van der Waals surface area contributed by atoms with Crippen LogP contribution in [0, 0.1) is 5.41 Å². The van der Waals surface area contributed by atoms with E-state index in [0.29, 0.717) is 0 Å². The minimum absolute atomic E-state index is 0.0209. The van der Waals surface area contributed by atoms with E-state index in [-0.39, 0.29) is 17.0 Å². The maximum atomic E-state index is 6.51. The van der Waals surface area contributed by atoms with Gasteiger partial charge in [-0.05, 0) is 23.8 Å². The number of para-hydroxylation sites is 3. The molecule has 0 N–H and O–H groups in total. The molecule has 1 atom stereocenters. The van der Waals surface area contributed by atoms with Crippen LogP contribution >= 0.6 is 0 Å². The fourth-order valence-corrected chi connectivity index (χ4v) is 5.64. The van der Waals surface area contributed by atoms with Gasteiger partial charge in [-0.1, -0.05) is 70.2 Å². The van der Waals surface area contributed by atoms with Crippen molar-refractivity contribution in [1.82, 2.24) is 0 Å². The SMILES string of the molecule is CN1c2ccccc2N2c3c(ccc4c3oc3ccccc34)C(C)(C)C(C)(C)C12. The second-order valence-electron chi connectivity index (χ2n) is 9.63. The number of hydrogen-bond acceptors (Lipinski definition) is 3. The normalized spacial score (nSPS) is 21.3. The van der Waals surface area contributed by atoms with Crippen LogP contribution in [0.5, 0.6) is 0 Å². The summed E-state index contributed by atoms with van der Waals surface area (Å²) in [7, 11) is 2.23. The van der Waals surface area contributed by atoms with Crippen LogP contribution in [0.25, 0.3) is 21.9 Å². The van der Waals surface area contributed by atoms with E-state index in [4.69, 9.17) is 4.42 Å². The van der Waals surface area contributed by atoms with E-state index in [1.807, 2.05) is 6.07 Å². The van der Waals surface area contributed by atoms with E-state index in [2.05, 4.69) is 99.1 Å². The van der Waals surface area contributed by atoms with Gasteiger partial charge in [0.2, 0.25) is 0 Å². The monoisotopic (exact) mass is 382 g/mol. The first-order chi connectivity index (χ1) is 13.8. The van der Waals surface area contributed by atoms with E-state index >= 15 is 0 Å². The molecule has 0 fully saturated rings. The number of fused-ring (bicyclic) bond motifs is 9. The molecular formula is C26H26N2O. The Kier molecular flexibility index (Phi) is 3.01. The van der Waals surface area contributed by atoms with Gasteiger partial charge in [-0.3, -0.25) is 0 Å². The molecule has 2 aliphatic heterocycles. The lowest BCUT2D eigenvalue weighted by atomic mass is 9.59. The fraction of sp³-hybridized carbons (Fsp3) is 0.308. The Bertz CT molecular complexity index is 1300. The third-order valence-electron chi connectivity index (χ3n) is 7.82. The van der Waals surface area contributed by atoms with Gasteiger partial charge >= 0.3 is 0 Å². The molecule has 29 heavy (non-hydrogen) atoms. The Labute approximate surface area is 171 Å². The van der Waals surface area contributed by atoms with Crippen molar-refractivity contribution in [2.24, 2.45) is 5.41 Å². The van der Waals surface area contributed by atoms with Gasteiger partial charge in [0, 0.05) is 28.7 Å². The second kappa shape index (κ2) is 5.15. The number of benzene rings is 3. The lowest BCUT2D eigenvalue weighted by Gasteiger charge is -2.56. The predicted octanol–water partition coefficient (Wildman–Crippen LogP) is 6.82. The maximum absolute atomic E-state index is 6.51. The molecular weight excluding hydrogens is 356 g/mol. The Hall–Kier alpha value is -2.94. The van der Waals surface area contributed by atoms with Crippen molar-refractivity contribution in [1.29, 1.82) is 0 Å². The first kappa shape index (κ1) is 17.0. The smallest absolute Gasteiger partial charge is 0.159 e. The molecule has 0 amide bonds. The molecule has 6 rings (SSSR count). The van der Waals surface area contributed by atoms with Crippen LogP contribution in [0.4, 0.5) is 17.1 Å². The van der Waals surface area contributed by atoms with Gasteiger partial charge in [0.15, 0.2) is 5.58 Å². The Morgan fingerprint density at radius 2 is 1.48 bits per heavy atom. The molecule has 2 aliphatic rings. The Morgan fingerprint density at radius 1 is 0.793 bits per heavy atom. The highest BCUT2D eigenvalue weighted by molar-refractivity contribution is 6.11. The minimum atomic E-state index is -0.0209. The van der Waals surface area contributed by atoms with Crippen molar-refractivity contribution in [2.75, 3.05) is 16.8 Å². The molecule has 0 radical (unpaired) electrons. The van der Waals surface area contributed by atoms with Gasteiger partial charge in [-0.25, -0.2) is 0 Å². The molecule has 146 valence electrons. The second-order valence-corrected chi connectivity index (χ2v) is 9.63. The van der Waals surface area contributed by atoms with E-state index < -0.39 is 0 Å². The maximum Gasteiger partial charge on any atom is 0.159 e. The molecule has 3 heterocycles. The summed E-state index contributed by atoms with van der Waals surface area (Å²) in [6.45, 7) is 9.57. The Balaban J connectivity index is 1.79. The van der Waals surface area contributed by atoms with Crippen LogP contribution < -0.4 is 9.80 Å². The number of nitrogens with zero attached hydrogens (tertiary/aromatic N) is 2. The topological polar surface area (TPSA) is 19.6 Å². The van der Waals surface area contributed by atoms with E-state index in [0.717, 1.165) is 11.2 Å². The van der Waals surface area contributed by atoms with Crippen LogP contribution in [0.2, 0.25) is 0 Å². The van der Waals surface area contributed by atoms with Crippen LogP contribution in [0.15, 0.2) is 65.1 Å². The van der Waals surface area contributed by atoms with Gasteiger partial charge in [0.1, 0.15) is 11.7 Å². The van der Waals surface area contributed by atoms with Crippen molar-refractivity contribution in [3.05, 3.63) is 66.2 Å². The van der Waals surface area contributed by atoms with Crippen molar-refractivity contribution in [3.8, 4) is 0 Å². The summed E-state index contributed by atoms with van der Waals surface area (Å²) in [4.78, 5) is 4.97. The molecule has 0 saturated carbocycles. The summed E-state index contributed by atoms with van der Waals surface area (Å²) in [5.41, 5.74) is 7.08. The quantitative estimate of drug-likeness (QED) is 0.333. The summed E-state index contributed by atoms with van der Waals surface area (Å²) in [6, 6.07) is 21.7. The minimum Gasteiger partial charge on any atom is -0.454 e. The number of hydrogen-bond donors (Lipinski definition) is 0. The van der Waals surface area contributed by atoms with Gasteiger partial charge in [-0.2, -0.15) is 0 Å². The lowest BCUT2D eigenvalue weighted by Crippen LogP contribution is -2.60.